The van der Waals surface area contributed by atoms with Crippen LogP contribution in [0.4, 0.5) is 17.1 Å². The summed E-state index contributed by atoms with van der Waals surface area (Å²) in [5, 5.41) is 5.49. The lowest BCUT2D eigenvalue weighted by atomic mass is 10.1. The summed E-state index contributed by atoms with van der Waals surface area (Å²) in [6, 6.07) is 14.5. The van der Waals surface area contributed by atoms with E-state index in [1.165, 1.54) is 6.92 Å². The minimum Gasteiger partial charge on any atom is -0.399 e. The van der Waals surface area contributed by atoms with Gasteiger partial charge in [0.15, 0.2) is 0 Å². The number of para-hydroxylation sites is 1. The maximum atomic E-state index is 12.0. The molecule has 2 aromatic carbocycles. The zero-order chi connectivity index (χ0) is 15.9. The van der Waals surface area contributed by atoms with Crippen molar-refractivity contribution in [2.75, 3.05) is 16.4 Å². The molecular formula is C17H19N3O2. The van der Waals surface area contributed by atoms with Crippen molar-refractivity contribution in [1.82, 2.24) is 0 Å². The van der Waals surface area contributed by atoms with Crippen molar-refractivity contribution >= 4 is 28.9 Å². The Bertz CT molecular complexity index is 683. The molecule has 0 saturated carbocycles. The molecule has 0 aromatic heterocycles. The summed E-state index contributed by atoms with van der Waals surface area (Å²) in [6.45, 7) is 1.44. The highest BCUT2D eigenvalue weighted by molar-refractivity contribution is 5.93. The number of hydrogen-bond donors (Lipinski definition) is 3. The Labute approximate surface area is 129 Å². The molecule has 0 fully saturated rings. The number of rotatable bonds is 5. The SMILES string of the molecule is CC(=O)Nc1cccc(NC(=O)CCc2ccccc2N)c1. The van der Waals surface area contributed by atoms with Gasteiger partial charge in [-0.05, 0) is 36.2 Å². The lowest BCUT2D eigenvalue weighted by molar-refractivity contribution is -0.116. The number of nitrogens with one attached hydrogen (secondary N) is 2. The highest BCUT2D eigenvalue weighted by Crippen LogP contribution is 2.16. The minimum atomic E-state index is -0.150. The number of anilines is 3. The van der Waals surface area contributed by atoms with E-state index in [0.29, 0.717) is 29.9 Å². The minimum absolute atomic E-state index is 0.0942. The van der Waals surface area contributed by atoms with Gasteiger partial charge < -0.3 is 16.4 Å². The van der Waals surface area contributed by atoms with Gasteiger partial charge in [0.1, 0.15) is 0 Å². The van der Waals surface area contributed by atoms with E-state index in [4.69, 9.17) is 5.73 Å². The molecule has 4 N–H and O–H groups in total. The molecule has 0 saturated heterocycles. The number of carbonyl (C=O) groups is 2. The molecule has 0 atom stereocenters. The van der Waals surface area contributed by atoms with Crippen LogP contribution in [-0.2, 0) is 16.0 Å². The number of nitrogens with two attached hydrogens (primary N) is 1. The van der Waals surface area contributed by atoms with E-state index < -0.39 is 0 Å². The quantitative estimate of drug-likeness (QED) is 0.742. The Balaban J connectivity index is 1.92. The first kappa shape index (κ1) is 15.6. The van der Waals surface area contributed by atoms with Gasteiger partial charge in [-0.2, -0.15) is 0 Å². The molecule has 0 radical (unpaired) electrons. The molecule has 2 aromatic rings. The van der Waals surface area contributed by atoms with E-state index in [2.05, 4.69) is 10.6 Å². The maximum absolute atomic E-state index is 12.0. The molecular weight excluding hydrogens is 278 g/mol. The summed E-state index contributed by atoms with van der Waals surface area (Å²) in [6.07, 6.45) is 0.933. The molecule has 0 bridgehead atoms. The van der Waals surface area contributed by atoms with Crippen LogP contribution in [0.3, 0.4) is 0 Å². The smallest absolute Gasteiger partial charge is 0.224 e. The normalized spacial score (nSPS) is 10.0. The summed E-state index contributed by atoms with van der Waals surface area (Å²) in [5.41, 5.74) is 8.81. The van der Waals surface area contributed by atoms with Gasteiger partial charge in [0.25, 0.3) is 0 Å². The fourth-order valence-electron chi connectivity index (χ4n) is 2.11. The van der Waals surface area contributed by atoms with Gasteiger partial charge in [-0.3, -0.25) is 9.59 Å². The van der Waals surface area contributed by atoms with Gasteiger partial charge in [-0.1, -0.05) is 24.3 Å². The molecule has 114 valence electrons. The number of aryl methyl sites for hydroxylation is 1. The van der Waals surface area contributed by atoms with Gasteiger partial charge in [0.2, 0.25) is 11.8 Å². The van der Waals surface area contributed by atoms with Crippen LogP contribution >= 0.6 is 0 Å². The largest absolute Gasteiger partial charge is 0.399 e. The van der Waals surface area contributed by atoms with Crippen LogP contribution in [0, 0.1) is 0 Å². The van der Waals surface area contributed by atoms with Gasteiger partial charge in [-0.25, -0.2) is 0 Å². The fourth-order valence-corrected chi connectivity index (χ4v) is 2.11. The first-order valence-corrected chi connectivity index (χ1v) is 7.05. The number of benzene rings is 2. The van der Waals surface area contributed by atoms with Gasteiger partial charge >= 0.3 is 0 Å². The molecule has 5 heteroatoms. The van der Waals surface area contributed by atoms with Crippen molar-refractivity contribution in [1.29, 1.82) is 0 Å². The topological polar surface area (TPSA) is 84.2 Å². The average molecular weight is 297 g/mol. The standard InChI is InChI=1S/C17H19N3O2/c1-12(21)19-14-6-4-7-15(11-14)20-17(22)10-9-13-5-2-3-8-16(13)18/h2-8,11H,9-10,18H2,1H3,(H,19,21)(H,20,22). The van der Waals surface area contributed by atoms with Crippen LogP contribution in [0.2, 0.25) is 0 Å². The van der Waals surface area contributed by atoms with Gasteiger partial charge in [0.05, 0.1) is 0 Å². The van der Waals surface area contributed by atoms with Crippen LogP contribution in [0.25, 0.3) is 0 Å². The van der Waals surface area contributed by atoms with E-state index in [1.54, 1.807) is 24.3 Å². The van der Waals surface area contributed by atoms with Gasteiger partial charge in [-0.15, -0.1) is 0 Å². The number of carbonyl (C=O) groups excluding carboxylic acids is 2. The zero-order valence-corrected chi connectivity index (χ0v) is 12.4. The summed E-state index contributed by atoms with van der Waals surface area (Å²) in [5.74, 6) is -0.244. The van der Waals surface area contributed by atoms with E-state index >= 15 is 0 Å². The molecule has 2 rings (SSSR count). The van der Waals surface area contributed by atoms with Crippen LogP contribution in [0.1, 0.15) is 18.9 Å². The number of hydrogen-bond acceptors (Lipinski definition) is 3. The van der Waals surface area contributed by atoms with Crippen LogP contribution in [0.5, 0.6) is 0 Å². The van der Waals surface area contributed by atoms with E-state index in [-0.39, 0.29) is 11.8 Å². The second kappa shape index (κ2) is 7.26. The second-order valence-electron chi connectivity index (χ2n) is 5.01. The van der Waals surface area contributed by atoms with Crippen molar-refractivity contribution in [3.63, 3.8) is 0 Å². The predicted octanol–water partition coefficient (Wildman–Crippen LogP) is 2.80. The monoisotopic (exact) mass is 297 g/mol. The summed E-state index contributed by atoms with van der Waals surface area (Å²) in [4.78, 5) is 23.0. The van der Waals surface area contributed by atoms with E-state index in [1.807, 2.05) is 24.3 Å². The molecule has 0 aliphatic heterocycles. The maximum Gasteiger partial charge on any atom is 0.224 e. The van der Waals surface area contributed by atoms with Crippen LogP contribution in [-0.4, -0.2) is 11.8 Å². The predicted molar refractivity (Wildman–Crippen MR) is 88.6 cm³/mol. The van der Waals surface area contributed by atoms with Crippen LogP contribution in [0.15, 0.2) is 48.5 Å². The third-order valence-corrected chi connectivity index (χ3v) is 3.14. The number of nitrogen functional groups attached to an aromatic ring is 1. The first-order valence-electron chi connectivity index (χ1n) is 7.05. The Kier molecular flexibility index (Phi) is 5.14. The fraction of sp³-hybridized carbons (Fsp3) is 0.176. The number of amides is 2. The zero-order valence-electron chi connectivity index (χ0n) is 12.4. The molecule has 22 heavy (non-hydrogen) atoms. The van der Waals surface area contributed by atoms with E-state index in [0.717, 1.165) is 5.56 Å². The summed E-state index contributed by atoms with van der Waals surface area (Å²) in [7, 11) is 0. The Morgan fingerprint density at radius 2 is 1.68 bits per heavy atom. The first-order chi connectivity index (χ1) is 10.5. The Morgan fingerprint density at radius 3 is 2.36 bits per heavy atom. The van der Waals surface area contributed by atoms with Gasteiger partial charge in [0, 0.05) is 30.4 Å². The highest BCUT2D eigenvalue weighted by Gasteiger charge is 2.06. The van der Waals surface area contributed by atoms with Crippen molar-refractivity contribution in [2.24, 2.45) is 0 Å². The van der Waals surface area contributed by atoms with Crippen LogP contribution < -0.4 is 16.4 Å². The van der Waals surface area contributed by atoms with Crippen molar-refractivity contribution < 1.29 is 9.59 Å². The molecule has 0 aliphatic carbocycles. The molecule has 0 aliphatic rings. The lowest BCUT2D eigenvalue weighted by Gasteiger charge is -2.08. The molecule has 0 unspecified atom stereocenters. The molecule has 0 heterocycles. The van der Waals surface area contributed by atoms with Crippen molar-refractivity contribution in [3.05, 3.63) is 54.1 Å². The Hall–Kier alpha value is -2.82. The molecule has 0 spiro atoms. The van der Waals surface area contributed by atoms with Crippen molar-refractivity contribution in [3.8, 4) is 0 Å². The lowest BCUT2D eigenvalue weighted by Crippen LogP contribution is -2.13. The third-order valence-electron chi connectivity index (χ3n) is 3.14. The Morgan fingerprint density at radius 1 is 1.00 bits per heavy atom. The highest BCUT2D eigenvalue weighted by atomic mass is 16.2. The average Bonchev–Trinajstić information content (AvgIpc) is 2.46. The molecule has 2 amide bonds. The second-order valence-corrected chi connectivity index (χ2v) is 5.01. The summed E-state index contributed by atoms with van der Waals surface area (Å²) < 4.78 is 0. The third kappa shape index (κ3) is 4.63. The van der Waals surface area contributed by atoms with Crippen molar-refractivity contribution in [2.45, 2.75) is 19.8 Å². The summed E-state index contributed by atoms with van der Waals surface area (Å²) >= 11 is 0. The van der Waals surface area contributed by atoms with E-state index in [9.17, 15) is 9.59 Å². The molecule has 5 nitrogen and oxygen atoms in total.